The molecular weight excluding hydrogens is 449 g/mol. The molecule has 0 saturated heterocycles. The summed E-state index contributed by atoms with van der Waals surface area (Å²) in [6.45, 7) is 1.89. The van der Waals surface area contributed by atoms with Crippen LogP contribution >= 0.6 is 22.6 Å². The fourth-order valence-electron chi connectivity index (χ4n) is 2.56. The van der Waals surface area contributed by atoms with E-state index < -0.39 is 0 Å². The predicted molar refractivity (Wildman–Crippen MR) is 108 cm³/mol. The zero-order valence-corrected chi connectivity index (χ0v) is 17.5. The lowest BCUT2D eigenvalue weighted by atomic mass is 10.1. The maximum Gasteiger partial charge on any atom is 0.252 e. The molecule has 0 aliphatic rings. The van der Waals surface area contributed by atoms with Crippen LogP contribution in [0.25, 0.3) is 0 Å². The van der Waals surface area contributed by atoms with Crippen molar-refractivity contribution in [2.45, 2.75) is 13.0 Å². The summed E-state index contributed by atoms with van der Waals surface area (Å²) in [7, 11) is 6.29. The van der Waals surface area contributed by atoms with Crippen LogP contribution in [0.5, 0.6) is 23.0 Å². The van der Waals surface area contributed by atoms with E-state index in [2.05, 4.69) is 27.9 Å². The fourth-order valence-corrected chi connectivity index (χ4v) is 3.24. The highest BCUT2D eigenvalue weighted by molar-refractivity contribution is 14.1. The van der Waals surface area contributed by atoms with Gasteiger partial charge < -0.3 is 24.3 Å². The molecule has 6 nitrogen and oxygen atoms in total. The maximum atomic E-state index is 12.8. The summed E-state index contributed by atoms with van der Waals surface area (Å²) in [5, 5.41) is 2.99. The van der Waals surface area contributed by atoms with Crippen molar-refractivity contribution in [3.8, 4) is 23.0 Å². The number of rotatable bonds is 7. The number of nitrogens with one attached hydrogen (secondary N) is 1. The van der Waals surface area contributed by atoms with E-state index >= 15 is 0 Å². The van der Waals surface area contributed by atoms with E-state index in [9.17, 15) is 4.79 Å². The Hall–Kier alpha value is -2.16. The topological polar surface area (TPSA) is 66.0 Å². The third-order valence-electron chi connectivity index (χ3n) is 3.97. The number of ether oxygens (including phenoxy) is 4. The van der Waals surface area contributed by atoms with Gasteiger partial charge in [0.05, 0.1) is 40.0 Å². The van der Waals surface area contributed by atoms with E-state index in [0.717, 1.165) is 9.13 Å². The zero-order valence-electron chi connectivity index (χ0n) is 15.4. The highest BCUT2D eigenvalue weighted by Gasteiger charge is 2.20. The van der Waals surface area contributed by atoms with Crippen molar-refractivity contribution in [2.24, 2.45) is 0 Å². The number of benzene rings is 2. The molecule has 1 amide bonds. The Labute approximate surface area is 166 Å². The number of hydrogen-bond acceptors (Lipinski definition) is 5. The Kier molecular flexibility index (Phi) is 6.96. The normalized spacial score (nSPS) is 11.5. The van der Waals surface area contributed by atoms with Gasteiger partial charge in [0.1, 0.15) is 11.5 Å². The molecule has 0 aliphatic heterocycles. The van der Waals surface area contributed by atoms with Crippen LogP contribution in [0.3, 0.4) is 0 Å². The van der Waals surface area contributed by atoms with Crippen molar-refractivity contribution < 1.29 is 23.7 Å². The largest absolute Gasteiger partial charge is 0.497 e. The second-order valence-corrected chi connectivity index (χ2v) is 6.65. The van der Waals surface area contributed by atoms with Crippen molar-refractivity contribution in [2.75, 3.05) is 28.4 Å². The molecular formula is C19H22INO5. The summed E-state index contributed by atoms with van der Waals surface area (Å²) in [5.74, 6) is 2.25. The average molecular weight is 471 g/mol. The fraction of sp³-hybridized carbons (Fsp3) is 0.316. The van der Waals surface area contributed by atoms with Crippen LogP contribution in [0, 0.1) is 3.57 Å². The van der Waals surface area contributed by atoms with Gasteiger partial charge in [0.2, 0.25) is 0 Å². The van der Waals surface area contributed by atoms with Crippen LogP contribution in [0.4, 0.5) is 0 Å². The van der Waals surface area contributed by atoms with Gasteiger partial charge in [0.15, 0.2) is 11.5 Å². The van der Waals surface area contributed by atoms with E-state index in [1.54, 1.807) is 33.5 Å². The minimum Gasteiger partial charge on any atom is -0.497 e. The molecule has 0 radical (unpaired) electrons. The quantitative estimate of drug-likeness (QED) is 0.623. The third kappa shape index (κ3) is 4.32. The summed E-state index contributed by atoms with van der Waals surface area (Å²) in [6, 6.07) is 8.64. The number of methoxy groups -OCH3 is 4. The second kappa shape index (κ2) is 8.98. The van der Waals surface area contributed by atoms with Crippen LogP contribution in [-0.4, -0.2) is 34.3 Å². The van der Waals surface area contributed by atoms with Gasteiger partial charge in [0, 0.05) is 9.13 Å². The summed E-state index contributed by atoms with van der Waals surface area (Å²) in [5.41, 5.74) is 1.34. The molecule has 0 bridgehead atoms. The van der Waals surface area contributed by atoms with Gasteiger partial charge in [-0.2, -0.15) is 0 Å². The van der Waals surface area contributed by atoms with E-state index in [1.807, 2.05) is 25.1 Å². The van der Waals surface area contributed by atoms with Crippen LogP contribution in [0.2, 0.25) is 0 Å². The predicted octanol–water partition coefficient (Wildman–Crippen LogP) is 3.82. The number of amides is 1. The Morgan fingerprint density at radius 3 is 2.12 bits per heavy atom. The molecule has 1 N–H and O–H groups in total. The first-order valence-corrected chi connectivity index (χ1v) is 8.97. The molecule has 0 fully saturated rings. The number of halogens is 1. The van der Waals surface area contributed by atoms with Gasteiger partial charge in [-0.05, 0) is 59.8 Å². The minimum absolute atomic E-state index is 0.215. The van der Waals surface area contributed by atoms with Crippen LogP contribution in [0.1, 0.15) is 28.9 Å². The standard InChI is InChI=1S/C19H22INO5/c1-11(13-8-12(23-2)6-7-16(13)24-3)21-19(22)14-9-17(25-4)18(26-5)10-15(14)20/h6-11H,1-5H3,(H,21,22). The first kappa shape index (κ1) is 20.2. The van der Waals surface area contributed by atoms with Crippen molar-refractivity contribution in [1.29, 1.82) is 0 Å². The van der Waals surface area contributed by atoms with Gasteiger partial charge in [-0.25, -0.2) is 0 Å². The number of carbonyl (C=O) groups excluding carboxylic acids is 1. The summed E-state index contributed by atoms with van der Waals surface area (Å²) >= 11 is 2.10. The number of carbonyl (C=O) groups is 1. The van der Waals surface area contributed by atoms with Crippen molar-refractivity contribution in [3.63, 3.8) is 0 Å². The van der Waals surface area contributed by atoms with Gasteiger partial charge in [0.25, 0.3) is 5.91 Å². The van der Waals surface area contributed by atoms with Crippen molar-refractivity contribution in [3.05, 3.63) is 45.0 Å². The molecule has 0 aromatic heterocycles. The monoisotopic (exact) mass is 471 g/mol. The molecule has 1 unspecified atom stereocenters. The van der Waals surface area contributed by atoms with Gasteiger partial charge in [-0.1, -0.05) is 0 Å². The Morgan fingerprint density at radius 2 is 1.54 bits per heavy atom. The summed E-state index contributed by atoms with van der Waals surface area (Å²) in [6.07, 6.45) is 0. The summed E-state index contributed by atoms with van der Waals surface area (Å²) < 4.78 is 22.0. The van der Waals surface area contributed by atoms with Gasteiger partial charge >= 0.3 is 0 Å². The smallest absolute Gasteiger partial charge is 0.252 e. The summed E-state index contributed by atoms with van der Waals surface area (Å²) in [4.78, 5) is 12.8. The van der Waals surface area contributed by atoms with E-state index in [4.69, 9.17) is 18.9 Å². The Bertz CT molecular complexity index is 794. The molecule has 26 heavy (non-hydrogen) atoms. The molecule has 2 aromatic rings. The molecule has 0 aliphatic carbocycles. The molecule has 1 atom stereocenters. The zero-order chi connectivity index (χ0) is 19.3. The van der Waals surface area contributed by atoms with Crippen LogP contribution in [-0.2, 0) is 0 Å². The molecule has 0 spiro atoms. The highest BCUT2D eigenvalue weighted by atomic mass is 127. The Morgan fingerprint density at radius 1 is 0.923 bits per heavy atom. The van der Waals surface area contributed by atoms with Gasteiger partial charge in [-0.15, -0.1) is 0 Å². The first-order valence-electron chi connectivity index (χ1n) is 7.89. The van der Waals surface area contributed by atoms with Crippen LogP contribution in [0.15, 0.2) is 30.3 Å². The van der Waals surface area contributed by atoms with Gasteiger partial charge in [-0.3, -0.25) is 4.79 Å². The lowest BCUT2D eigenvalue weighted by Crippen LogP contribution is -2.27. The lowest BCUT2D eigenvalue weighted by molar-refractivity contribution is 0.0938. The molecule has 0 saturated carbocycles. The van der Waals surface area contributed by atoms with Crippen molar-refractivity contribution >= 4 is 28.5 Å². The molecule has 0 heterocycles. The third-order valence-corrected chi connectivity index (χ3v) is 4.86. The van der Waals surface area contributed by atoms with E-state index in [0.29, 0.717) is 28.6 Å². The molecule has 140 valence electrons. The van der Waals surface area contributed by atoms with E-state index in [1.165, 1.54) is 7.11 Å². The first-order chi connectivity index (χ1) is 12.4. The average Bonchev–Trinajstić information content (AvgIpc) is 2.66. The lowest BCUT2D eigenvalue weighted by Gasteiger charge is -2.19. The second-order valence-electron chi connectivity index (χ2n) is 5.49. The van der Waals surface area contributed by atoms with Crippen molar-refractivity contribution in [1.82, 2.24) is 5.32 Å². The minimum atomic E-state index is -0.281. The highest BCUT2D eigenvalue weighted by Crippen LogP contribution is 2.33. The Balaban J connectivity index is 2.30. The SMILES string of the molecule is COc1ccc(OC)c(C(C)NC(=O)c2cc(OC)c(OC)cc2I)c1. The molecule has 7 heteroatoms. The molecule has 2 aromatic carbocycles. The maximum absolute atomic E-state index is 12.8. The van der Waals surface area contributed by atoms with E-state index in [-0.39, 0.29) is 11.9 Å². The molecule has 2 rings (SSSR count). The van der Waals surface area contributed by atoms with Crippen LogP contribution < -0.4 is 24.3 Å². The number of hydrogen-bond donors (Lipinski definition) is 1.